The van der Waals surface area contributed by atoms with Crippen LogP contribution in [-0.2, 0) is 0 Å². The van der Waals surface area contributed by atoms with E-state index >= 15 is 0 Å². The Balaban J connectivity index is 2.32. The topological polar surface area (TPSA) is 67.4 Å². The second kappa shape index (κ2) is 4.18. The molecule has 0 atom stereocenters. The standard InChI is InChI=1S/C14H11N5/c1-9-5-12-13(6-10(9)2)19(8-16-12)14-11(7-15)3-4-17-18-14/h3-6,8H,1-2H3. The van der Waals surface area contributed by atoms with Crippen LogP contribution >= 0.6 is 0 Å². The van der Waals surface area contributed by atoms with Crippen molar-refractivity contribution in [3.8, 4) is 11.9 Å². The number of hydrogen-bond donors (Lipinski definition) is 0. The van der Waals surface area contributed by atoms with Gasteiger partial charge in [-0.15, -0.1) is 5.10 Å². The summed E-state index contributed by atoms with van der Waals surface area (Å²) in [5.74, 6) is 0.510. The fraction of sp³-hybridized carbons (Fsp3) is 0.143. The summed E-state index contributed by atoms with van der Waals surface area (Å²) in [6.07, 6.45) is 3.19. The molecule has 3 aromatic rings. The highest BCUT2D eigenvalue weighted by Crippen LogP contribution is 2.21. The lowest BCUT2D eigenvalue weighted by molar-refractivity contribution is 0.921. The summed E-state index contributed by atoms with van der Waals surface area (Å²) in [5, 5.41) is 17.0. The van der Waals surface area contributed by atoms with Crippen LogP contribution in [0.15, 0.2) is 30.7 Å². The Hall–Kier alpha value is -2.74. The Morgan fingerprint density at radius 1 is 1.21 bits per heavy atom. The van der Waals surface area contributed by atoms with Crippen molar-refractivity contribution in [3.63, 3.8) is 0 Å². The molecule has 2 aromatic heterocycles. The van der Waals surface area contributed by atoms with E-state index in [2.05, 4.69) is 28.2 Å². The number of nitriles is 1. The molecule has 2 heterocycles. The summed E-state index contributed by atoms with van der Waals surface area (Å²) in [5.41, 5.74) is 4.67. The molecule has 1 aromatic carbocycles. The first-order valence-electron chi connectivity index (χ1n) is 5.87. The van der Waals surface area contributed by atoms with E-state index < -0.39 is 0 Å². The number of aryl methyl sites for hydroxylation is 2. The molecule has 5 heteroatoms. The molecule has 0 N–H and O–H groups in total. The number of imidazole rings is 1. The highest BCUT2D eigenvalue weighted by Gasteiger charge is 2.11. The fourth-order valence-corrected chi connectivity index (χ4v) is 2.02. The van der Waals surface area contributed by atoms with Crippen LogP contribution in [0.1, 0.15) is 16.7 Å². The Bertz CT molecular complexity index is 810. The zero-order valence-corrected chi connectivity index (χ0v) is 10.6. The van der Waals surface area contributed by atoms with Gasteiger partial charge in [-0.3, -0.25) is 4.57 Å². The van der Waals surface area contributed by atoms with Gasteiger partial charge in [-0.1, -0.05) is 0 Å². The van der Waals surface area contributed by atoms with Crippen LogP contribution < -0.4 is 0 Å². The van der Waals surface area contributed by atoms with Gasteiger partial charge in [0.25, 0.3) is 0 Å². The van der Waals surface area contributed by atoms with Crippen LogP contribution in [0.2, 0.25) is 0 Å². The third-order valence-corrected chi connectivity index (χ3v) is 3.21. The lowest BCUT2D eigenvalue weighted by Crippen LogP contribution is -2.01. The summed E-state index contributed by atoms with van der Waals surface area (Å²) in [7, 11) is 0. The van der Waals surface area contributed by atoms with E-state index in [0.29, 0.717) is 11.4 Å². The van der Waals surface area contributed by atoms with Crippen molar-refractivity contribution in [1.29, 1.82) is 5.26 Å². The van der Waals surface area contributed by atoms with Crippen molar-refractivity contribution in [2.75, 3.05) is 0 Å². The summed E-state index contributed by atoms with van der Waals surface area (Å²) in [6.45, 7) is 4.10. The molecule has 0 aliphatic carbocycles. The molecule has 0 saturated heterocycles. The van der Waals surface area contributed by atoms with Crippen LogP contribution in [0.4, 0.5) is 0 Å². The van der Waals surface area contributed by atoms with E-state index in [9.17, 15) is 0 Å². The van der Waals surface area contributed by atoms with Gasteiger partial charge in [0.1, 0.15) is 12.4 Å². The first-order chi connectivity index (χ1) is 9.20. The van der Waals surface area contributed by atoms with Gasteiger partial charge in [-0.2, -0.15) is 10.4 Å². The predicted molar refractivity (Wildman–Crippen MR) is 70.8 cm³/mol. The zero-order valence-electron chi connectivity index (χ0n) is 10.6. The summed E-state index contributed by atoms with van der Waals surface area (Å²) in [6, 6.07) is 7.85. The van der Waals surface area contributed by atoms with Gasteiger partial charge in [0, 0.05) is 0 Å². The minimum atomic E-state index is 0.479. The maximum Gasteiger partial charge on any atom is 0.179 e. The Morgan fingerprint density at radius 2 is 2.00 bits per heavy atom. The average Bonchev–Trinajstić information content (AvgIpc) is 2.82. The van der Waals surface area contributed by atoms with Crippen LogP contribution in [0.5, 0.6) is 0 Å². The minimum Gasteiger partial charge on any atom is -0.280 e. The molecule has 92 valence electrons. The normalized spacial score (nSPS) is 10.6. The quantitative estimate of drug-likeness (QED) is 0.663. The molecule has 0 amide bonds. The summed E-state index contributed by atoms with van der Waals surface area (Å²) < 4.78 is 1.80. The molecule has 0 fully saturated rings. The van der Waals surface area contributed by atoms with E-state index in [1.807, 2.05) is 19.1 Å². The lowest BCUT2D eigenvalue weighted by Gasteiger charge is -2.05. The fourth-order valence-electron chi connectivity index (χ4n) is 2.02. The van der Waals surface area contributed by atoms with Crippen LogP contribution in [0.25, 0.3) is 16.9 Å². The maximum atomic E-state index is 9.14. The number of nitrogens with zero attached hydrogens (tertiary/aromatic N) is 5. The molecule has 19 heavy (non-hydrogen) atoms. The van der Waals surface area contributed by atoms with Gasteiger partial charge in [0.2, 0.25) is 0 Å². The van der Waals surface area contributed by atoms with Gasteiger partial charge < -0.3 is 0 Å². The molecule has 0 aliphatic heterocycles. The van der Waals surface area contributed by atoms with Gasteiger partial charge in [-0.25, -0.2) is 4.98 Å². The van der Waals surface area contributed by atoms with Crippen LogP contribution in [0.3, 0.4) is 0 Å². The van der Waals surface area contributed by atoms with Crippen molar-refractivity contribution in [2.24, 2.45) is 0 Å². The third-order valence-electron chi connectivity index (χ3n) is 3.21. The van der Waals surface area contributed by atoms with Gasteiger partial charge >= 0.3 is 0 Å². The van der Waals surface area contributed by atoms with Crippen LogP contribution in [0, 0.1) is 25.2 Å². The molecule has 0 bridgehead atoms. The van der Waals surface area contributed by atoms with Gasteiger partial charge in [-0.05, 0) is 43.2 Å². The average molecular weight is 249 g/mol. The van der Waals surface area contributed by atoms with Gasteiger partial charge in [0.15, 0.2) is 5.82 Å². The molecule has 0 aliphatic rings. The van der Waals surface area contributed by atoms with Gasteiger partial charge in [0.05, 0.1) is 22.8 Å². The first-order valence-corrected chi connectivity index (χ1v) is 5.87. The van der Waals surface area contributed by atoms with Crippen molar-refractivity contribution in [1.82, 2.24) is 19.7 Å². The van der Waals surface area contributed by atoms with Crippen molar-refractivity contribution >= 4 is 11.0 Å². The predicted octanol–water partition coefficient (Wildman–Crippen LogP) is 2.30. The van der Waals surface area contributed by atoms with Crippen molar-refractivity contribution in [2.45, 2.75) is 13.8 Å². The Morgan fingerprint density at radius 3 is 2.79 bits per heavy atom. The zero-order chi connectivity index (χ0) is 13.4. The molecule has 5 nitrogen and oxygen atoms in total. The third kappa shape index (κ3) is 1.74. The smallest absolute Gasteiger partial charge is 0.179 e. The number of hydrogen-bond acceptors (Lipinski definition) is 4. The lowest BCUT2D eigenvalue weighted by atomic mass is 10.1. The Kier molecular flexibility index (Phi) is 2.50. The first kappa shape index (κ1) is 11.4. The largest absolute Gasteiger partial charge is 0.280 e. The molecule has 0 radical (unpaired) electrons. The number of aromatic nitrogens is 4. The molecule has 0 unspecified atom stereocenters. The summed E-state index contributed by atoms with van der Waals surface area (Å²) in [4.78, 5) is 4.36. The molecule has 0 saturated carbocycles. The number of fused-ring (bicyclic) bond motifs is 1. The molecular weight excluding hydrogens is 238 g/mol. The monoisotopic (exact) mass is 249 g/mol. The van der Waals surface area contributed by atoms with E-state index in [1.165, 1.54) is 17.3 Å². The molecule has 3 rings (SSSR count). The van der Waals surface area contributed by atoms with Crippen molar-refractivity contribution < 1.29 is 0 Å². The molecular formula is C14H11N5. The van der Waals surface area contributed by atoms with E-state index in [-0.39, 0.29) is 0 Å². The van der Waals surface area contributed by atoms with E-state index in [4.69, 9.17) is 5.26 Å². The van der Waals surface area contributed by atoms with E-state index in [1.54, 1.807) is 17.0 Å². The van der Waals surface area contributed by atoms with E-state index in [0.717, 1.165) is 11.0 Å². The SMILES string of the molecule is Cc1cc2ncn(-c3nnccc3C#N)c2cc1C. The number of benzene rings is 1. The second-order valence-corrected chi connectivity index (χ2v) is 4.42. The Labute approximate surface area is 110 Å². The highest BCUT2D eigenvalue weighted by molar-refractivity contribution is 5.79. The summed E-state index contributed by atoms with van der Waals surface area (Å²) >= 11 is 0. The second-order valence-electron chi connectivity index (χ2n) is 4.42. The van der Waals surface area contributed by atoms with Crippen molar-refractivity contribution in [3.05, 3.63) is 47.4 Å². The number of rotatable bonds is 1. The van der Waals surface area contributed by atoms with Crippen LogP contribution in [-0.4, -0.2) is 19.7 Å². The minimum absolute atomic E-state index is 0.479. The highest BCUT2D eigenvalue weighted by atomic mass is 15.2. The molecule has 0 spiro atoms. The maximum absolute atomic E-state index is 9.14.